The van der Waals surface area contributed by atoms with Crippen LogP contribution in [0.3, 0.4) is 0 Å². The highest BCUT2D eigenvalue weighted by Gasteiger charge is 2.44. The number of hydrogen-bond acceptors (Lipinski definition) is 6. The van der Waals surface area contributed by atoms with Gasteiger partial charge in [0, 0.05) is 32.6 Å². The predicted octanol–water partition coefficient (Wildman–Crippen LogP) is 5.06. The number of thiophene rings is 1. The molecule has 1 aliphatic heterocycles. The highest BCUT2D eigenvalue weighted by atomic mass is 32.1. The molecule has 4 rings (SSSR count). The first kappa shape index (κ1) is 26.1. The van der Waals surface area contributed by atoms with Gasteiger partial charge in [0.05, 0.1) is 27.6 Å². The van der Waals surface area contributed by atoms with E-state index < -0.39 is 22.9 Å². The lowest BCUT2D eigenvalue weighted by Crippen LogP contribution is -2.50. The second-order valence-electron chi connectivity index (χ2n) is 10.5. The minimum absolute atomic E-state index is 0.185. The van der Waals surface area contributed by atoms with E-state index in [1.165, 1.54) is 30.5 Å². The second kappa shape index (κ2) is 9.15. The van der Waals surface area contributed by atoms with E-state index in [0.717, 1.165) is 15.3 Å². The average Bonchev–Trinajstić information content (AvgIpc) is 3.37. The number of aromatic nitrogens is 2. The van der Waals surface area contributed by atoms with Crippen molar-refractivity contribution in [3.63, 3.8) is 0 Å². The van der Waals surface area contributed by atoms with Crippen LogP contribution in [-0.4, -0.2) is 58.4 Å². The minimum Gasteiger partial charge on any atom is -0.444 e. The third kappa shape index (κ3) is 4.59. The quantitative estimate of drug-likeness (QED) is 0.524. The Hall–Kier alpha value is -2.98. The summed E-state index contributed by atoms with van der Waals surface area (Å²) in [6, 6.07) is 4.29. The molecule has 0 radical (unpaired) electrons. The van der Waals surface area contributed by atoms with Gasteiger partial charge in [-0.25, -0.2) is 14.2 Å². The third-order valence-corrected chi connectivity index (χ3v) is 7.71. The van der Waals surface area contributed by atoms with Crippen LogP contribution in [-0.2, 0) is 22.9 Å². The Kier molecular flexibility index (Phi) is 6.63. The zero-order chi connectivity index (χ0) is 26.6. The number of amides is 2. The van der Waals surface area contributed by atoms with Crippen molar-refractivity contribution in [3.05, 3.63) is 40.0 Å². The van der Waals surface area contributed by atoms with Gasteiger partial charge in [-0.15, -0.1) is 11.3 Å². The molecule has 36 heavy (non-hydrogen) atoms. The molecule has 0 aliphatic carbocycles. The van der Waals surface area contributed by atoms with Gasteiger partial charge in [-0.2, -0.15) is 0 Å². The summed E-state index contributed by atoms with van der Waals surface area (Å²) in [6.45, 7) is 9.95. The van der Waals surface area contributed by atoms with Gasteiger partial charge >= 0.3 is 6.09 Å². The number of nitrogens with one attached hydrogen (secondary N) is 1. The molecule has 1 atom stereocenters. The van der Waals surface area contributed by atoms with Crippen LogP contribution < -0.4 is 5.32 Å². The maximum atomic E-state index is 14.3. The number of methoxy groups -OCH3 is 1. The zero-order valence-corrected chi connectivity index (χ0v) is 22.8. The summed E-state index contributed by atoms with van der Waals surface area (Å²) in [7, 11) is 4.95. The van der Waals surface area contributed by atoms with Crippen LogP contribution in [0.1, 0.15) is 61.5 Å². The molecule has 10 heteroatoms. The van der Waals surface area contributed by atoms with Crippen LogP contribution in [0, 0.1) is 5.82 Å². The topological polar surface area (TPSA) is 85.7 Å². The van der Waals surface area contributed by atoms with Crippen LogP contribution in [0.15, 0.2) is 18.2 Å². The van der Waals surface area contributed by atoms with E-state index >= 15 is 0 Å². The Bertz CT molecular complexity index is 1340. The van der Waals surface area contributed by atoms with Crippen molar-refractivity contribution in [2.75, 3.05) is 20.7 Å². The predicted molar refractivity (Wildman–Crippen MR) is 138 cm³/mol. The van der Waals surface area contributed by atoms with E-state index in [2.05, 4.69) is 11.4 Å². The van der Waals surface area contributed by atoms with Crippen LogP contribution in [0.25, 0.3) is 21.7 Å². The van der Waals surface area contributed by atoms with Gasteiger partial charge in [0.25, 0.3) is 5.91 Å². The average molecular weight is 517 g/mol. The van der Waals surface area contributed by atoms with Gasteiger partial charge in [-0.1, -0.05) is 0 Å². The molecule has 3 aromatic rings. The van der Waals surface area contributed by atoms with Gasteiger partial charge in [-0.3, -0.25) is 9.69 Å². The van der Waals surface area contributed by atoms with Gasteiger partial charge < -0.3 is 19.4 Å². The van der Waals surface area contributed by atoms with Crippen molar-refractivity contribution in [3.8, 4) is 10.7 Å². The Morgan fingerprint density at radius 3 is 2.50 bits per heavy atom. The zero-order valence-electron chi connectivity index (χ0n) is 22.0. The maximum absolute atomic E-state index is 14.3. The number of aryl methyl sites for hydroxylation is 1. The first-order valence-corrected chi connectivity index (χ1v) is 12.6. The smallest absolute Gasteiger partial charge is 0.410 e. The van der Waals surface area contributed by atoms with Crippen molar-refractivity contribution in [2.24, 2.45) is 7.05 Å². The van der Waals surface area contributed by atoms with Crippen molar-refractivity contribution in [1.29, 1.82) is 0 Å². The number of nitrogens with zero attached hydrogens (tertiary/aromatic N) is 3. The van der Waals surface area contributed by atoms with Crippen molar-refractivity contribution in [2.45, 2.75) is 58.3 Å². The second-order valence-corrected chi connectivity index (χ2v) is 11.6. The Morgan fingerprint density at radius 2 is 1.89 bits per heavy atom. The largest absolute Gasteiger partial charge is 0.444 e. The highest BCUT2D eigenvalue weighted by Crippen LogP contribution is 2.46. The molecule has 1 aliphatic rings. The molecule has 2 aromatic heterocycles. The van der Waals surface area contributed by atoms with Crippen LogP contribution in [0.2, 0.25) is 0 Å². The number of hydrogen-bond donors (Lipinski definition) is 1. The number of benzene rings is 1. The van der Waals surface area contributed by atoms with Crippen LogP contribution in [0.5, 0.6) is 0 Å². The number of imidazole rings is 1. The van der Waals surface area contributed by atoms with E-state index in [9.17, 15) is 14.0 Å². The molecule has 2 amide bonds. The van der Waals surface area contributed by atoms with Gasteiger partial charge in [-0.05, 0) is 64.8 Å². The molecular formula is C26H33FN4O4S. The van der Waals surface area contributed by atoms with Gasteiger partial charge in [0.1, 0.15) is 16.9 Å². The SMILES string of the molecule is CNC(=O)c1cc(F)cc2c1nc(-c1cc3c(s1)C(C(C)(C)OC)N(C(=O)OC(C)(C)C)CC3)n2C. The molecule has 8 nitrogen and oxygen atoms in total. The Balaban J connectivity index is 1.83. The minimum atomic E-state index is -0.684. The molecule has 1 unspecified atom stereocenters. The normalized spacial score (nSPS) is 16.2. The fraction of sp³-hybridized carbons (Fsp3) is 0.500. The fourth-order valence-corrected chi connectivity index (χ4v) is 6.12. The molecule has 0 saturated carbocycles. The highest BCUT2D eigenvalue weighted by molar-refractivity contribution is 7.15. The van der Waals surface area contributed by atoms with Crippen molar-refractivity contribution in [1.82, 2.24) is 19.8 Å². The lowest BCUT2D eigenvalue weighted by molar-refractivity contribution is -0.0638. The van der Waals surface area contributed by atoms with Gasteiger partial charge in [0.2, 0.25) is 0 Å². The third-order valence-electron chi connectivity index (χ3n) is 6.48. The molecule has 1 aromatic carbocycles. The standard InChI is InChI=1S/C26H33FN4O4S/c1-25(2,3)35-24(33)31-10-9-14-11-18(36-20(14)21(31)26(4,5)34-8)22-29-19-16(23(32)28-6)12-15(27)13-17(19)30(22)7/h11-13,21H,9-10H2,1-8H3,(H,28,32). The summed E-state index contributed by atoms with van der Waals surface area (Å²) < 4.78 is 27.7. The van der Waals surface area contributed by atoms with E-state index in [4.69, 9.17) is 14.5 Å². The van der Waals surface area contributed by atoms with E-state index in [0.29, 0.717) is 29.8 Å². The van der Waals surface area contributed by atoms with E-state index in [1.807, 2.05) is 34.6 Å². The Labute approximate surface area is 214 Å². The van der Waals surface area contributed by atoms with Crippen LogP contribution >= 0.6 is 11.3 Å². The lowest BCUT2D eigenvalue weighted by Gasteiger charge is -2.43. The summed E-state index contributed by atoms with van der Waals surface area (Å²) in [6.07, 6.45) is 0.273. The molecule has 0 spiro atoms. The summed E-state index contributed by atoms with van der Waals surface area (Å²) in [5.41, 5.74) is 0.948. The summed E-state index contributed by atoms with van der Waals surface area (Å²) >= 11 is 1.52. The van der Waals surface area contributed by atoms with Crippen LogP contribution in [0.4, 0.5) is 9.18 Å². The molecule has 0 fully saturated rings. The van der Waals surface area contributed by atoms with E-state index in [1.54, 1.807) is 23.6 Å². The maximum Gasteiger partial charge on any atom is 0.410 e. The van der Waals surface area contributed by atoms with Gasteiger partial charge in [0.15, 0.2) is 5.82 Å². The van der Waals surface area contributed by atoms with Crippen molar-refractivity contribution < 1.29 is 23.5 Å². The molecule has 0 saturated heterocycles. The number of halogens is 1. The number of carbonyl (C=O) groups excluding carboxylic acids is 2. The number of fused-ring (bicyclic) bond motifs is 2. The number of ether oxygens (including phenoxy) is 2. The molecule has 194 valence electrons. The Morgan fingerprint density at radius 1 is 1.19 bits per heavy atom. The number of carbonyl (C=O) groups is 2. The fourth-order valence-electron chi connectivity index (χ4n) is 4.59. The number of rotatable bonds is 4. The summed E-state index contributed by atoms with van der Waals surface area (Å²) in [5.74, 6) is -0.279. The first-order valence-electron chi connectivity index (χ1n) is 11.8. The molecular weight excluding hydrogens is 483 g/mol. The molecule has 3 heterocycles. The molecule has 0 bridgehead atoms. The summed E-state index contributed by atoms with van der Waals surface area (Å²) in [4.78, 5) is 33.9. The lowest BCUT2D eigenvalue weighted by atomic mass is 9.89. The van der Waals surface area contributed by atoms with E-state index in [-0.39, 0.29) is 17.7 Å². The molecule has 1 N–H and O–H groups in total. The first-order chi connectivity index (χ1) is 16.8. The van der Waals surface area contributed by atoms with Crippen molar-refractivity contribution >= 4 is 34.4 Å². The summed E-state index contributed by atoms with van der Waals surface area (Å²) in [5, 5.41) is 2.55. The monoisotopic (exact) mass is 516 g/mol.